The highest BCUT2D eigenvalue weighted by molar-refractivity contribution is 7.90. The van der Waals surface area contributed by atoms with Crippen LogP contribution < -0.4 is 9.47 Å². The molecule has 5 rings (SSSR count). The number of rotatable bonds is 5. The highest BCUT2D eigenvalue weighted by Crippen LogP contribution is 2.40. The van der Waals surface area contributed by atoms with Crippen LogP contribution in [0.15, 0.2) is 71.9 Å². The predicted molar refractivity (Wildman–Crippen MR) is 129 cm³/mol. The summed E-state index contributed by atoms with van der Waals surface area (Å²) in [5.41, 5.74) is 3.54. The molecular formula is C25H23N3O4S. The van der Waals surface area contributed by atoms with Gasteiger partial charge in [-0.3, -0.25) is 0 Å². The van der Waals surface area contributed by atoms with Crippen molar-refractivity contribution in [2.75, 3.05) is 14.2 Å². The summed E-state index contributed by atoms with van der Waals surface area (Å²) < 4.78 is 41.9. The van der Waals surface area contributed by atoms with E-state index in [2.05, 4.69) is 4.98 Å². The van der Waals surface area contributed by atoms with Gasteiger partial charge in [-0.25, -0.2) is 17.4 Å². The molecule has 5 aromatic rings. The first-order valence-electron chi connectivity index (χ1n) is 10.4. The Morgan fingerprint density at radius 3 is 2.33 bits per heavy atom. The second kappa shape index (κ2) is 7.67. The van der Waals surface area contributed by atoms with Crippen LogP contribution in [0.3, 0.4) is 0 Å². The topological polar surface area (TPSA) is 75.4 Å². The largest absolute Gasteiger partial charge is 0.493 e. The van der Waals surface area contributed by atoms with Crippen molar-refractivity contribution in [3.63, 3.8) is 0 Å². The molecule has 2 aromatic carbocycles. The van der Waals surface area contributed by atoms with Gasteiger partial charge in [-0.15, -0.1) is 0 Å². The molecule has 0 radical (unpaired) electrons. The van der Waals surface area contributed by atoms with Crippen LogP contribution in [0.5, 0.6) is 11.5 Å². The molecule has 0 aliphatic heterocycles. The molecule has 33 heavy (non-hydrogen) atoms. The zero-order valence-electron chi connectivity index (χ0n) is 18.7. The van der Waals surface area contributed by atoms with E-state index in [1.807, 2.05) is 49.0 Å². The number of fused-ring (bicyclic) bond motifs is 2. The summed E-state index contributed by atoms with van der Waals surface area (Å²) in [7, 11) is 1.16. The Labute approximate surface area is 191 Å². The molecule has 8 heteroatoms. The molecule has 0 aliphatic rings. The normalized spacial score (nSPS) is 11.9. The van der Waals surface area contributed by atoms with Crippen LogP contribution in [0.25, 0.3) is 33.2 Å². The Hall–Kier alpha value is -3.78. The maximum atomic E-state index is 13.9. The van der Waals surface area contributed by atoms with Crippen molar-refractivity contribution in [2.24, 2.45) is 7.05 Å². The third-order valence-electron chi connectivity index (χ3n) is 5.85. The Bertz CT molecular complexity index is 1610. The van der Waals surface area contributed by atoms with E-state index >= 15 is 0 Å². The number of benzene rings is 2. The van der Waals surface area contributed by atoms with Crippen molar-refractivity contribution in [1.82, 2.24) is 13.5 Å². The minimum Gasteiger partial charge on any atom is -0.493 e. The molecular weight excluding hydrogens is 438 g/mol. The number of aromatic nitrogens is 3. The molecule has 0 saturated carbocycles. The molecule has 0 saturated heterocycles. The van der Waals surface area contributed by atoms with Crippen LogP contribution in [0.4, 0.5) is 0 Å². The second-order valence-electron chi connectivity index (χ2n) is 7.91. The van der Waals surface area contributed by atoms with Crippen LogP contribution in [0, 0.1) is 6.92 Å². The average Bonchev–Trinajstić information content (AvgIpc) is 3.36. The number of methoxy groups -OCH3 is 2. The number of nitrogens with zero attached hydrogens (tertiary/aromatic N) is 3. The van der Waals surface area contributed by atoms with Gasteiger partial charge in [0.25, 0.3) is 10.0 Å². The van der Waals surface area contributed by atoms with Crippen LogP contribution in [-0.4, -0.2) is 36.2 Å². The number of hydrogen-bond donors (Lipinski definition) is 0. The quantitative estimate of drug-likeness (QED) is 0.377. The average molecular weight is 462 g/mol. The van der Waals surface area contributed by atoms with Crippen LogP contribution in [-0.2, 0) is 17.1 Å². The van der Waals surface area contributed by atoms with E-state index in [1.165, 1.54) is 3.97 Å². The highest BCUT2D eigenvalue weighted by Gasteiger charge is 2.26. The summed E-state index contributed by atoms with van der Waals surface area (Å²) in [5, 5.41) is 1.58. The third kappa shape index (κ3) is 3.25. The Kier molecular flexibility index (Phi) is 4.90. The van der Waals surface area contributed by atoms with Gasteiger partial charge in [0.15, 0.2) is 17.1 Å². The molecule has 0 unspecified atom stereocenters. The van der Waals surface area contributed by atoms with E-state index in [0.717, 1.165) is 27.4 Å². The summed E-state index contributed by atoms with van der Waals surface area (Å²) in [6, 6.07) is 16.1. The smallest absolute Gasteiger partial charge is 0.269 e. The maximum absolute atomic E-state index is 13.9. The lowest BCUT2D eigenvalue weighted by atomic mass is 10.1. The van der Waals surface area contributed by atoms with E-state index in [1.54, 1.807) is 50.7 Å². The minimum absolute atomic E-state index is 0.206. The number of pyridine rings is 1. The summed E-state index contributed by atoms with van der Waals surface area (Å²) in [6.45, 7) is 1.92. The van der Waals surface area contributed by atoms with Gasteiger partial charge in [0, 0.05) is 41.8 Å². The SMILES string of the molecule is COc1cc2c(-c3cc4cccnc4n3S(=O)(=O)c3ccc(C)cc3)cn(C)c2cc1OC. The lowest BCUT2D eigenvalue weighted by molar-refractivity contribution is 0.355. The fraction of sp³-hybridized carbons (Fsp3) is 0.160. The summed E-state index contributed by atoms with van der Waals surface area (Å²) in [6.07, 6.45) is 3.52. The van der Waals surface area contributed by atoms with Crippen molar-refractivity contribution in [1.29, 1.82) is 0 Å². The molecule has 3 aromatic heterocycles. The number of hydrogen-bond acceptors (Lipinski definition) is 5. The van der Waals surface area contributed by atoms with Gasteiger partial charge in [0.1, 0.15) is 0 Å². The fourth-order valence-corrected chi connectivity index (χ4v) is 5.65. The number of ether oxygens (including phenoxy) is 2. The lowest BCUT2D eigenvalue weighted by Gasteiger charge is -2.12. The van der Waals surface area contributed by atoms with Crippen molar-refractivity contribution >= 4 is 32.0 Å². The fourth-order valence-electron chi connectivity index (χ4n) is 4.17. The molecule has 0 N–H and O–H groups in total. The van der Waals surface area contributed by atoms with E-state index in [0.29, 0.717) is 22.8 Å². The highest BCUT2D eigenvalue weighted by atomic mass is 32.2. The molecule has 168 valence electrons. The molecule has 0 bridgehead atoms. The molecule has 7 nitrogen and oxygen atoms in total. The van der Waals surface area contributed by atoms with E-state index in [4.69, 9.17) is 9.47 Å². The molecule has 3 heterocycles. The molecule has 0 fully saturated rings. The van der Waals surface area contributed by atoms with Crippen molar-refractivity contribution in [3.05, 3.63) is 72.6 Å². The second-order valence-corrected chi connectivity index (χ2v) is 9.69. The van der Waals surface area contributed by atoms with Gasteiger partial charge in [0.2, 0.25) is 0 Å². The standard InChI is InChI=1S/C25H23N3O4S/c1-16-7-9-18(10-8-16)33(29,30)28-22(12-17-6-5-11-26-25(17)28)20-15-27(2)21-14-24(32-4)23(31-3)13-19(20)21/h5-15H,1-4H3. The van der Waals surface area contributed by atoms with Gasteiger partial charge >= 0.3 is 0 Å². The Morgan fingerprint density at radius 1 is 0.939 bits per heavy atom. The van der Waals surface area contributed by atoms with Crippen LogP contribution >= 0.6 is 0 Å². The summed E-state index contributed by atoms with van der Waals surface area (Å²) >= 11 is 0. The molecule has 0 spiro atoms. The number of aryl methyl sites for hydroxylation is 2. The third-order valence-corrected chi connectivity index (χ3v) is 7.57. The molecule has 0 atom stereocenters. The first-order chi connectivity index (χ1) is 15.8. The van der Waals surface area contributed by atoms with Crippen molar-refractivity contribution < 1.29 is 17.9 Å². The monoisotopic (exact) mass is 461 g/mol. The van der Waals surface area contributed by atoms with Gasteiger partial charge in [0.05, 0.1) is 30.3 Å². The van der Waals surface area contributed by atoms with Gasteiger partial charge in [-0.05, 0) is 43.3 Å². The predicted octanol–water partition coefficient (Wildman–Crippen LogP) is 4.76. The molecule has 0 amide bonds. The Balaban J connectivity index is 1.86. The van der Waals surface area contributed by atoms with Crippen LogP contribution in [0.2, 0.25) is 0 Å². The van der Waals surface area contributed by atoms with Gasteiger partial charge in [-0.2, -0.15) is 0 Å². The van der Waals surface area contributed by atoms with E-state index in [-0.39, 0.29) is 4.90 Å². The van der Waals surface area contributed by atoms with Crippen molar-refractivity contribution in [3.8, 4) is 22.8 Å². The van der Waals surface area contributed by atoms with Crippen LogP contribution in [0.1, 0.15) is 5.56 Å². The first-order valence-corrected chi connectivity index (χ1v) is 11.8. The molecule has 0 aliphatic carbocycles. The van der Waals surface area contributed by atoms with Crippen molar-refractivity contribution in [2.45, 2.75) is 11.8 Å². The van der Waals surface area contributed by atoms with Gasteiger partial charge < -0.3 is 14.0 Å². The van der Waals surface area contributed by atoms with E-state index in [9.17, 15) is 8.42 Å². The lowest BCUT2D eigenvalue weighted by Crippen LogP contribution is -2.14. The first kappa shape index (κ1) is 21.1. The minimum atomic E-state index is -3.92. The zero-order chi connectivity index (χ0) is 23.3. The maximum Gasteiger partial charge on any atom is 0.269 e. The van der Waals surface area contributed by atoms with E-state index < -0.39 is 10.0 Å². The summed E-state index contributed by atoms with van der Waals surface area (Å²) in [4.78, 5) is 4.62. The zero-order valence-corrected chi connectivity index (χ0v) is 19.6. The van der Waals surface area contributed by atoms with Gasteiger partial charge in [-0.1, -0.05) is 17.7 Å². The Morgan fingerprint density at radius 2 is 1.64 bits per heavy atom. The summed E-state index contributed by atoms with van der Waals surface area (Å²) in [5.74, 6) is 1.17.